The summed E-state index contributed by atoms with van der Waals surface area (Å²) in [5, 5.41) is 3.99. The lowest BCUT2D eigenvalue weighted by Gasteiger charge is -2.37. The number of nitrogens with one attached hydrogen (secondary N) is 1. The Labute approximate surface area is 179 Å². The summed E-state index contributed by atoms with van der Waals surface area (Å²) in [6.07, 6.45) is 0.738. The molecular weight excluding hydrogens is 402 g/mol. The quantitative estimate of drug-likeness (QED) is 0.596. The number of rotatable bonds is 8. The van der Waals surface area contributed by atoms with Crippen LogP contribution in [0.5, 0.6) is 17.2 Å². The summed E-state index contributed by atoms with van der Waals surface area (Å²) >= 11 is 1.63. The highest BCUT2D eigenvalue weighted by atomic mass is 32.1. The number of ether oxygens (including phenoxy) is 3. The van der Waals surface area contributed by atoms with Crippen LogP contribution in [0.3, 0.4) is 0 Å². The van der Waals surface area contributed by atoms with Gasteiger partial charge in [0, 0.05) is 19.6 Å². The predicted octanol–water partition coefficient (Wildman–Crippen LogP) is 3.12. The van der Waals surface area contributed by atoms with Crippen molar-refractivity contribution in [3.63, 3.8) is 0 Å². The summed E-state index contributed by atoms with van der Waals surface area (Å²) in [6, 6.07) is 11.7. The molecule has 30 heavy (non-hydrogen) atoms. The number of hydrogen-bond acceptors (Lipinski definition) is 7. The Bertz CT molecular complexity index is 1050. The maximum absolute atomic E-state index is 12.5. The van der Waals surface area contributed by atoms with Crippen LogP contribution >= 0.6 is 11.3 Å². The molecule has 1 fully saturated rings. The smallest absolute Gasteiger partial charge is 0.226 e. The number of benzene rings is 2. The van der Waals surface area contributed by atoms with Gasteiger partial charge in [-0.05, 0) is 42.3 Å². The van der Waals surface area contributed by atoms with Crippen LogP contribution in [-0.2, 0) is 11.2 Å². The zero-order chi connectivity index (χ0) is 21.1. The summed E-state index contributed by atoms with van der Waals surface area (Å²) in [5.41, 5.74) is 2.05. The molecule has 158 valence electrons. The molecule has 1 aromatic heterocycles. The number of anilines is 1. The van der Waals surface area contributed by atoms with Gasteiger partial charge in [0.1, 0.15) is 5.75 Å². The summed E-state index contributed by atoms with van der Waals surface area (Å²) in [6.45, 7) is 1.98. The number of carbonyl (C=O) groups is 1. The molecule has 4 rings (SSSR count). The molecule has 0 aliphatic carbocycles. The third kappa shape index (κ3) is 4.14. The van der Waals surface area contributed by atoms with E-state index >= 15 is 0 Å². The minimum absolute atomic E-state index is 0.00282. The van der Waals surface area contributed by atoms with Crippen molar-refractivity contribution in [2.75, 3.05) is 45.9 Å². The minimum atomic E-state index is -0.00282. The van der Waals surface area contributed by atoms with Gasteiger partial charge in [-0.15, -0.1) is 0 Å². The first-order chi connectivity index (χ1) is 14.6. The summed E-state index contributed by atoms with van der Waals surface area (Å²) in [7, 11) is 4.89. The van der Waals surface area contributed by atoms with Crippen LogP contribution < -0.4 is 24.4 Å². The second kappa shape index (κ2) is 8.79. The van der Waals surface area contributed by atoms with Gasteiger partial charge in [-0.3, -0.25) is 4.79 Å². The van der Waals surface area contributed by atoms with E-state index in [1.807, 2.05) is 36.4 Å². The average molecular weight is 428 g/mol. The molecule has 2 heterocycles. The van der Waals surface area contributed by atoms with Gasteiger partial charge >= 0.3 is 0 Å². The monoisotopic (exact) mass is 427 g/mol. The Kier molecular flexibility index (Phi) is 5.94. The highest BCUT2D eigenvalue weighted by Crippen LogP contribution is 2.34. The van der Waals surface area contributed by atoms with Crippen molar-refractivity contribution in [2.24, 2.45) is 5.92 Å². The molecule has 2 aromatic carbocycles. The van der Waals surface area contributed by atoms with Gasteiger partial charge in [0.15, 0.2) is 16.6 Å². The van der Waals surface area contributed by atoms with E-state index in [2.05, 4.69) is 15.2 Å². The highest BCUT2D eigenvalue weighted by Gasteiger charge is 2.34. The summed E-state index contributed by atoms with van der Waals surface area (Å²) < 4.78 is 16.9. The van der Waals surface area contributed by atoms with Crippen LogP contribution in [-0.4, -0.2) is 51.9 Å². The van der Waals surface area contributed by atoms with E-state index in [1.54, 1.807) is 32.7 Å². The topological polar surface area (TPSA) is 72.9 Å². The third-order valence-corrected chi connectivity index (χ3v) is 6.35. The van der Waals surface area contributed by atoms with Crippen LogP contribution in [0.25, 0.3) is 10.2 Å². The molecule has 3 aromatic rings. The highest BCUT2D eigenvalue weighted by molar-refractivity contribution is 7.22. The maximum Gasteiger partial charge on any atom is 0.226 e. The first kappa shape index (κ1) is 20.3. The molecular formula is C22H25N3O4S. The molecule has 0 saturated carbocycles. The van der Waals surface area contributed by atoms with Gasteiger partial charge in [-0.25, -0.2) is 4.98 Å². The number of methoxy groups -OCH3 is 3. The Morgan fingerprint density at radius 1 is 1.10 bits per heavy atom. The number of thiazole rings is 1. The van der Waals surface area contributed by atoms with Crippen molar-refractivity contribution in [2.45, 2.75) is 6.42 Å². The van der Waals surface area contributed by atoms with Crippen molar-refractivity contribution >= 4 is 32.6 Å². The lowest BCUT2D eigenvalue weighted by atomic mass is 10.00. The SMILES string of the molecule is COc1ccc2nc(N3CC(C(=O)NCCc4ccc(OC)c(OC)c4)C3)sc2c1. The van der Waals surface area contributed by atoms with Gasteiger partial charge in [0.2, 0.25) is 5.91 Å². The minimum Gasteiger partial charge on any atom is -0.497 e. The number of amides is 1. The fourth-order valence-corrected chi connectivity index (χ4v) is 4.48. The van der Waals surface area contributed by atoms with Gasteiger partial charge < -0.3 is 24.4 Å². The van der Waals surface area contributed by atoms with Gasteiger partial charge in [0.05, 0.1) is 37.5 Å². The average Bonchev–Trinajstić information content (AvgIpc) is 3.14. The van der Waals surface area contributed by atoms with Crippen molar-refractivity contribution in [3.8, 4) is 17.2 Å². The van der Waals surface area contributed by atoms with E-state index in [4.69, 9.17) is 14.2 Å². The molecule has 1 aliphatic rings. The van der Waals surface area contributed by atoms with E-state index in [-0.39, 0.29) is 11.8 Å². The zero-order valence-electron chi connectivity index (χ0n) is 17.3. The Balaban J connectivity index is 1.26. The second-order valence-corrected chi connectivity index (χ2v) is 8.17. The predicted molar refractivity (Wildman–Crippen MR) is 118 cm³/mol. The Morgan fingerprint density at radius 3 is 2.63 bits per heavy atom. The first-order valence-corrected chi connectivity index (χ1v) is 10.6. The largest absolute Gasteiger partial charge is 0.497 e. The van der Waals surface area contributed by atoms with Gasteiger partial charge in [0.25, 0.3) is 0 Å². The Morgan fingerprint density at radius 2 is 1.90 bits per heavy atom. The van der Waals surface area contributed by atoms with Crippen LogP contribution in [0, 0.1) is 5.92 Å². The van der Waals surface area contributed by atoms with Gasteiger partial charge in [-0.1, -0.05) is 17.4 Å². The van der Waals surface area contributed by atoms with E-state index in [1.165, 1.54) is 0 Å². The molecule has 1 amide bonds. The standard InChI is InChI=1S/C22H25N3O4S/c1-27-16-5-6-17-20(11-16)30-22(24-17)25-12-15(13-25)21(26)23-9-8-14-4-7-18(28-2)19(10-14)29-3/h4-7,10-11,15H,8-9,12-13H2,1-3H3,(H,23,26). The van der Waals surface area contributed by atoms with Crippen molar-refractivity contribution < 1.29 is 19.0 Å². The molecule has 0 bridgehead atoms. The second-order valence-electron chi connectivity index (χ2n) is 7.16. The van der Waals surface area contributed by atoms with Crippen LogP contribution in [0.2, 0.25) is 0 Å². The lowest BCUT2D eigenvalue weighted by molar-refractivity contribution is -0.125. The van der Waals surface area contributed by atoms with Crippen molar-refractivity contribution in [1.82, 2.24) is 10.3 Å². The number of fused-ring (bicyclic) bond motifs is 1. The zero-order valence-corrected chi connectivity index (χ0v) is 18.1. The molecule has 1 N–H and O–H groups in total. The molecule has 7 nitrogen and oxygen atoms in total. The molecule has 1 saturated heterocycles. The summed E-state index contributed by atoms with van der Waals surface area (Å²) in [4.78, 5) is 19.3. The molecule has 0 spiro atoms. The summed E-state index contributed by atoms with van der Waals surface area (Å²) in [5.74, 6) is 2.32. The van der Waals surface area contributed by atoms with E-state index < -0.39 is 0 Å². The number of nitrogens with zero attached hydrogens (tertiary/aromatic N) is 2. The number of carbonyl (C=O) groups excluding carboxylic acids is 1. The maximum atomic E-state index is 12.5. The van der Waals surface area contributed by atoms with E-state index in [0.29, 0.717) is 31.1 Å². The third-order valence-electron chi connectivity index (χ3n) is 5.27. The normalized spacial score (nSPS) is 13.8. The van der Waals surface area contributed by atoms with Crippen LogP contribution in [0.15, 0.2) is 36.4 Å². The molecule has 1 aliphatic heterocycles. The fourth-order valence-electron chi connectivity index (χ4n) is 3.47. The van der Waals surface area contributed by atoms with Crippen LogP contribution in [0.1, 0.15) is 5.56 Å². The molecule has 0 atom stereocenters. The van der Waals surface area contributed by atoms with Crippen LogP contribution in [0.4, 0.5) is 5.13 Å². The van der Waals surface area contributed by atoms with Crippen molar-refractivity contribution in [3.05, 3.63) is 42.0 Å². The fraction of sp³-hybridized carbons (Fsp3) is 0.364. The number of aromatic nitrogens is 1. The molecule has 0 radical (unpaired) electrons. The van der Waals surface area contributed by atoms with E-state index in [0.717, 1.165) is 33.1 Å². The first-order valence-electron chi connectivity index (χ1n) is 9.79. The molecule has 0 unspecified atom stereocenters. The van der Waals surface area contributed by atoms with Crippen molar-refractivity contribution in [1.29, 1.82) is 0 Å². The lowest BCUT2D eigenvalue weighted by Crippen LogP contribution is -2.54. The van der Waals surface area contributed by atoms with Gasteiger partial charge in [-0.2, -0.15) is 0 Å². The molecule has 8 heteroatoms. The van der Waals surface area contributed by atoms with E-state index in [9.17, 15) is 4.79 Å². The Hall–Kier alpha value is -3.00. The number of hydrogen-bond donors (Lipinski definition) is 1.